The number of methoxy groups -OCH3 is 1. The molecule has 0 saturated heterocycles. The van der Waals surface area contributed by atoms with Gasteiger partial charge in [0, 0.05) is 36.8 Å². The maximum absolute atomic E-state index is 12.9. The summed E-state index contributed by atoms with van der Waals surface area (Å²) in [6, 6.07) is 15.7. The first-order valence-electron chi connectivity index (χ1n) is 10.0. The van der Waals surface area contributed by atoms with Crippen LogP contribution in [-0.2, 0) is 17.9 Å². The van der Waals surface area contributed by atoms with Gasteiger partial charge in [0.2, 0.25) is 0 Å². The molecule has 0 saturated carbocycles. The topological polar surface area (TPSA) is 61.7 Å². The number of nitrogens with one attached hydrogen (secondary N) is 1. The van der Waals surface area contributed by atoms with Gasteiger partial charge in [-0.15, -0.1) is 0 Å². The Balaban J connectivity index is 1.56. The summed E-state index contributed by atoms with van der Waals surface area (Å²) in [6.45, 7) is 6.02. The number of aromatic nitrogens is 1. The SMILES string of the molecule is COCc1ccccc1CNC(=O)c1cc(C)n(-c2ccc3c(c2)OCCO3)c1C. The maximum Gasteiger partial charge on any atom is 0.253 e. The molecular weight excluding hydrogens is 380 g/mol. The highest BCUT2D eigenvalue weighted by molar-refractivity contribution is 5.95. The summed E-state index contributed by atoms with van der Waals surface area (Å²) in [6.07, 6.45) is 0. The molecule has 0 atom stereocenters. The quantitative estimate of drug-likeness (QED) is 0.674. The Kier molecular flexibility index (Phi) is 5.77. The van der Waals surface area contributed by atoms with Crippen molar-refractivity contribution in [3.63, 3.8) is 0 Å². The van der Waals surface area contributed by atoms with Crippen LogP contribution in [0.2, 0.25) is 0 Å². The summed E-state index contributed by atoms with van der Waals surface area (Å²) < 4.78 is 18.6. The molecule has 1 aliphatic rings. The van der Waals surface area contributed by atoms with E-state index in [2.05, 4.69) is 9.88 Å². The molecule has 6 nitrogen and oxygen atoms in total. The van der Waals surface area contributed by atoms with E-state index in [0.717, 1.165) is 39.7 Å². The molecule has 0 fully saturated rings. The number of fused-ring (bicyclic) bond motifs is 1. The second-order valence-corrected chi connectivity index (χ2v) is 7.33. The molecule has 3 aromatic rings. The lowest BCUT2D eigenvalue weighted by Gasteiger charge is -2.20. The van der Waals surface area contributed by atoms with Gasteiger partial charge in [0.05, 0.1) is 12.2 Å². The van der Waals surface area contributed by atoms with Crippen LogP contribution >= 0.6 is 0 Å². The number of aryl methyl sites for hydroxylation is 1. The fraction of sp³-hybridized carbons (Fsp3) is 0.292. The summed E-state index contributed by atoms with van der Waals surface area (Å²) in [5, 5.41) is 3.04. The van der Waals surface area contributed by atoms with Gasteiger partial charge in [-0.3, -0.25) is 4.79 Å². The molecule has 156 valence electrons. The number of ether oxygens (including phenoxy) is 3. The predicted octanol–water partition coefficient (Wildman–Crippen LogP) is 3.94. The number of amides is 1. The molecule has 1 N–H and O–H groups in total. The monoisotopic (exact) mass is 406 g/mol. The highest BCUT2D eigenvalue weighted by atomic mass is 16.6. The van der Waals surface area contributed by atoms with Gasteiger partial charge in [0.15, 0.2) is 11.5 Å². The minimum Gasteiger partial charge on any atom is -0.486 e. The van der Waals surface area contributed by atoms with Gasteiger partial charge in [-0.05, 0) is 43.2 Å². The molecule has 1 amide bonds. The van der Waals surface area contributed by atoms with Crippen molar-refractivity contribution in [2.45, 2.75) is 27.0 Å². The Morgan fingerprint density at radius 2 is 1.77 bits per heavy atom. The van der Waals surface area contributed by atoms with E-state index in [4.69, 9.17) is 14.2 Å². The lowest BCUT2D eigenvalue weighted by molar-refractivity contribution is 0.0950. The molecule has 1 aromatic heterocycles. The fourth-order valence-corrected chi connectivity index (χ4v) is 3.86. The lowest BCUT2D eigenvalue weighted by Crippen LogP contribution is -2.24. The van der Waals surface area contributed by atoms with Crippen LogP contribution in [0.1, 0.15) is 32.9 Å². The highest BCUT2D eigenvalue weighted by Crippen LogP contribution is 2.33. The van der Waals surface area contributed by atoms with Crippen molar-refractivity contribution in [3.05, 3.63) is 76.6 Å². The van der Waals surface area contributed by atoms with Crippen molar-refractivity contribution in [1.82, 2.24) is 9.88 Å². The molecule has 0 unspecified atom stereocenters. The molecular formula is C24H26N2O4. The van der Waals surface area contributed by atoms with Crippen LogP contribution in [0.25, 0.3) is 5.69 Å². The number of hydrogen-bond donors (Lipinski definition) is 1. The van der Waals surface area contributed by atoms with Crippen LogP contribution in [0.15, 0.2) is 48.5 Å². The van der Waals surface area contributed by atoms with Crippen molar-refractivity contribution in [1.29, 1.82) is 0 Å². The van der Waals surface area contributed by atoms with E-state index in [1.807, 2.05) is 62.4 Å². The molecule has 2 aromatic carbocycles. The predicted molar refractivity (Wildman–Crippen MR) is 115 cm³/mol. The molecule has 0 bridgehead atoms. The van der Waals surface area contributed by atoms with E-state index >= 15 is 0 Å². The van der Waals surface area contributed by atoms with E-state index in [0.29, 0.717) is 31.9 Å². The van der Waals surface area contributed by atoms with Gasteiger partial charge in [-0.25, -0.2) is 0 Å². The summed E-state index contributed by atoms with van der Waals surface area (Å²) >= 11 is 0. The first kappa shape index (κ1) is 20.0. The Morgan fingerprint density at radius 1 is 1.03 bits per heavy atom. The largest absolute Gasteiger partial charge is 0.486 e. The number of carbonyl (C=O) groups is 1. The first-order valence-corrected chi connectivity index (χ1v) is 10.0. The zero-order valence-corrected chi connectivity index (χ0v) is 17.5. The Hall–Kier alpha value is -3.25. The number of hydrogen-bond acceptors (Lipinski definition) is 4. The van der Waals surface area contributed by atoms with Crippen LogP contribution in [0.4, 0.5) is 0 Å². The molecule has 2 heterocycles. The van der Waals surface area contributed by atoms with Crippen molar-refractivity contribution in [3.8, 4) is 17.2 Å². The van der Waals surface area contributed by atoms with Gasteiger partial charge < -0.3 is 24.1 Å². The average Bonchev–Trinajstić information content (AvgIpc) is 3.06. The number of rotatable bonds is 6. The fourth-order valence-electron chi connectivity index (χ4n) is 3.86. The molecule has 0 spiro atoms. The van der Waals surface area contributed by atoms with Crippen LogP contribution in [0.3, 0.4) is 0 Å². The smallest absolute Gasteiger partial charge is 0.253 e. The molecule has 4 rings (SSSR count). The third kappa shape index (κ3) is 3.91. The van der Waals surface area contributed by atoms with Crippen molar-refractivity contribution in [2.24, 2.45) is 0 Å². The number of carbonyl (C=O) groups excluding carboxylic acids is 1. The zero-order chi connectivity index (χ0) is 21.1. The summed E-state index contributed by atoms with van der Waals surface area (Å²) in [5.41, 5.74) is 5.58. The Morgan fingerprint density at radius 3 is 2.53 bits per heavy atom. The van der Waals surface area contributed by atoms with Gasteiger partial charge in [0.1, 0.15) is 13.2 Å². The minimum absolute atomic E-state index is 0.0980. The van der Waals surface area contributed by atoms with Gasteiger partial charge in [-0.2, -0.15) is 0 Å². The lowest BCUT2D eigenvalue weighted by atomic mass is 10.1. The van der Waals surface area contributed by atoms with E-state index in [-0.39, 0.29) is 5.91 Å². The molecule has 30 heavy (non-hydrogen) atoms. The Bertz CT molecular complexity index is 1070. The molecule has 1 aliphatic heterocycles. The standard InChI is InChI=1S/C24H26N2O4/c1-16-12-21(24(27)25-14-18-6-4-5-7-19(18)15-28-3)17(2)26(16)20-8-9-22-23(13-20)30-11-10-29-22/h4-9,12-13H,10-11,14-15H2,1-3H3,(H,25,27). The van der Waals surface area contributed by atoms with E-state index < -0.39 is 0 Å². The van der Waals surface area contributed by atoms with E-state index in [1.165, 1.54) is 0 Å². The van der Waals surface area contributed by atoms with Crippen LogP contribution in [0.5, 0.6) is 11.5 Å². The van der Waals surface area contributed by atoms with Gasteiger partial charge in [0.25, 0.3) is 5.91 Å². The molecule has 0 radical (unpaired) electrons. The summed E-state index contributed by atoms with van der Waals surface area (Å²) in [7, 11) is 1.67. The van der Waals surface area contributed by atoms with Crippen LogP contribution in [-0.4, -0.2) is 30.8 Å². The number of nitrogens with zero attached hydrogens (tertiary/aromatic N) is 1. The third-order valence-corrected chi connectivity index (χ3v) is 5.32. The first-order chi connectivity index (χ1) is 14.6. The number of benzene rings is 2. The third-order valence-electron chi connectivity index (χ3n) is 5.32. The van der Waals surface area contributed by atoms with Crippen molar-refractivity contribution >= 4 is 5.91 Å². The van der Waals surface area contributed by atoms with E-state index in [9.17, 15) is 4.79 Å². The summed E-state index contributed by atoms with van der Waals surface area (Å²) in [5.74, 6) is 1.38. The van der Waals surface area contributed by atoms with Crippen LogP contribution < -0.4 is 14.8 Å². The van der Waals surface area contributed by atoms with E-state index in [1.54, 1.807) is 7.11 Å². The minimum atomic E-state index is -0.0980. The zero-order valence-electron chi connectivity index (χ0n) is 17.5. The van der Waals surface area contributed by atoms with Crippen LogP contribution in [0, 0.1) is 13.8 Å². The normalized spacial score (nSPS) is 12.6. The second-order valence-electron chi connectivity index (χ2n) is 7.33. The van der Waals surface area contributed by atoms with Crippen molar-refractivity contribution < 1.29 is 19.0 Å². The second kappa shape index (κ2) is 8.63. The maximum atomic E-state index is 12.9. The van der Waals surface area contributed by atoms with Gasteiger partial charge in [-0.1, -0.05) is 24.3 Å². The Labute approximate surface area is 176 Å². The highest BCUT2D eigenvalue weighted by Gasteiger charge is 2.19. The summed E-state index contributed by atoms with van der Waals surface area (Å²) in [4.78, 5) is 12.9. The average molecular weight is 406 g/mol. The molecule has 0 aliphatic carbocycles. The van der Waals surface area contributed by atoms with Gasteiger partial charge >= 0.3 is 0 Å². The molecule has 6 heteroatoms. The van der Waals surface area contributed by atoms with Crippen molar-refractivity contribution in [2.75, 3.05) is 20.3 Å².